The van der Waals surface area contributed by atoms with Crippen molar-refractivity contribution in [2.75, 3.05) is 6.54 Å². The number of hydrogen-bond donors (Lipinski definition) is 1. The Bertz CT molecular complexity index is 665. The number of rotatable bonds is 6. The molecule has 0 unspecified atom stereocenters. The summed E-state index contributed by atoms with van der Waals surface area (Å²) in [7, 11) is 0. The highest BCUT2D eigenvalue weighted by atomic mass is 35.5. The summed E-state index contributed by atoms with van der Waals surface area (Å²) in [5.74, 6) is -0.431. The number of halogens is 1. The third-order valence-electron chi connectivity index (χ3n) is 2.71. The van der Waals surface area contributed by atoms with Gasteiger partial charge in [-0.05, 0) is 11.8 Å². The first-order chi connectivity index (χ1) is 9.95. The standard InChI is InChI=1S/C11H13ClN6O3/c1-8-4-10(18(20)21)15-17(8)3-2-13-11(19)7-16-6-9(12)5-14-16/h4-6H,2-3,7H2,1H3,(H,13,19). The van der Waals surface area contributed by atoms with Gasteiger partial charge in [0.2, 0.25) is 5.91 Å². The minimum atomic E-state index is -0.552. The summed E-state index contributed by atoms with van der Waals surface area (Å²) in [6, 6.07) is 1.38. The highest BCUT2D eigenvalue weighted by molar-refractivity contribution is 6.30. The van der Waals surface area contributed by atoms with Crippen LogP contribution in [0.3, 0.4) is 0 Å². The van der Waals surface area contributed by atoms with Crippen molar-refractivity contribution in [2.24, 2.45) is 0 Å². The monoisotopic (exact) mass is 312 g/mol. The second-order valence-electron chi connectivity index (χ2n) is 4.33. The van der Waals surface area contributed by atoms with Gasteiger partial charge in [0.05, 0.1) is 34.6 Å². The molecule has 0 radical (unpaired) electrons. The smallest absolute Gasteiger partial charge is 0.358 e. The van der Waals surface area contributed by atoms with Gasteiger partial charge < -0.3 is 15.4 Å². The number of carbonyl (C=O) groups is 1. The first-order valence-electron chi connectivity index (χ1n) is 6.09. The first kappa shape index (κ1) is 15.0. The van der Waals surface area contributed by atoms with Crippen LogP contribution in [0.5, 0.6) is 0 Å². The summed E-state index contributed by atoms with van der Waals surface area (Å²) in [5.41, 5.74) is 0.662. The van der Waals surface area contributed by atoms with Crippen molar-refractivity contribution in [3.05, 3.63) is 39.3 Å². The maximum absolute atomic E-state index is 11.7. The van der Waals surface area contributed by atoms with Crippen LogP contribution in [0.15, 0.2) is 18.5 Å². The van der Waals surface area contributed by atoms with E-state index in [1.807, 2.05) is 0 Å². The van der Waals surface area contributed by atoms with E-state index in [0.717, 1.165) is 0 Å². The van der Waals surface area contributed by atoms with Gasteiger partial charge in [-0.1, -0.05) is 11.6 Å². The topological polar surface area (TPSA) is 108 Å². The predicted octanol–water partition coefficient (Wildman–Crippen LogP) is 0.766. The molecule has 0 fully saturated rings. The van der Waals surface area contributed by atoms with Crippen LogP contribution in [-0.4, -0.2) is 36.9 Å². The van der Waals surface area contributed by atoms with Crippen molar-refractivity contribution in [2.45, 2.75) is 20.0 Å². The number of nitrogens with one attached hydrogen (secondary N) is 1. The van der Waals surface area contributed by atoms with Crippen molar-refractivity contribution in [1.82, 2.24) is 24.9 Å². The minimum absolute atomic E-state index is 0.0605. The van der Waals surface area contributed by atoms with E-state index >= 15 is 0 Å². The van der Waals surface area contributed by atoms with Gasteiger partial charge in [-0.2, -0.15) is 9.78 Å². The molecule has 2 aromatic rings. The maximum Gasteiger partial charge on any atom is 0.390 e. The van der Waals surface area contributed by atoms with Crippen molar-refractivity contribution < 1.29 is 9.72 Å². The Kier molecular flexibility index (Phi) is 4.53. The molecule has 2 heterocycles. The molecule has 1 N–H and O–H groups in total. The van der Waals surface area contributed by atoms with E-state index in [1.54, 1.807) is 13.1 Å². The van der Waals surface area contributed by atoms with Gasteiger partial charge in [-0.25, -0.2) is 0 Å². The van der Waals surface area contributed by atoms with Gasteiger partial charge in [0, 0.05) is 12.7 Å². The number of nitrogens with zero attached hydrogens (tertiary/aromatic N) is 5. The largest absolute Gasteiger partial charge is 0.390 e. The fourth-order valence-electron chi connectivity index (χ4n) is 1.74. The summed E-state index contributed by atoms with van der Waals surface area (Å²) < 4.78 is 2.89. The fraction of sp³-hybridized carbons (Fsp3) is 0.364. The molecule has 0 bridgehead atoms. The fourth-order valence-corrected chi connectivity index (χ4v) is 1.89. The third kappa shape index (κ3) is 4.02. The van der Waals surface area contributed by atoms with Crippen LogP contribution in [0.2, 0.25) is 5.02 Å². The van der Waals surface area contributed by atoms with E-state index in [1.165, 1.54) is 21.6 Å². The number of nitro groups is 1. The Labute approximate surface area is 124 Å². The quantitative estimate of drug-likeness (QED) is 0.626. The molecule has 0 aliphatic carbocycles. The Hall–Kier alpha value is -2.42. The summed E-state index contributed by atoms with van der Waals surface area (Å²) >= 11 is 5.69. The van der Waals surface area contributed by atoms with Gasteiger partial charge in [0.15, 0.2) is 0 Å². The van der Waals surface area contributed by atoms with E-state index in [4.69, 9.17) is 11.6 Å². The molecule has 0 saturated heterocycles. The van der Waals surface area contributed by atoms with Crippen LogP contribution < -0.4 is 5.32 Å². The molecule has 0 atom stereocenters. The lowest BCUT2D eigenvalue weighted by Gasteiger charge is -2.04. The average Bonchev–Trinajstić information content (AvgIpc) is 2.97. The Morgan fingerprint density at radius 2 is 2.33 bits per heavy atom. The number of amides is 1. The first-order valence-corrected chi connectivity index (χ1v) is 6.47. The Balaban J connectivity index is 1.81. The summed E-state index contributed by atoms with van der Waals surface area (Å²) in [6.45, 7) is 2.44. The zero-order chi connectivity index (χ0) is 15.4. The second kappa shape index (κ2) is 6.35. The number of aromatic nitrogens is 4. The lowest BCUT2D eigenvalue weighted by Crippen LogP contribution is -2.31. The molecule has 0 aliphatic heterocycles. The van der Waals surface area contributed by atoms with Crippen LogP contribution in [0.4, 0.5) is 5.82 Å². The molecule has 2 rings (SSSR count). The van der Waals surface area contributed by atoms with E-state index in [0.29, 0.717) is 23.8 Å². The molecule has 112 valence electrons. The Morgan fingerprint density at radius 3 is 2.90 bits per heavy atom. The van der Waals surface area contributed by atoms with Crippen molar-refractivity contribution in [3.8, 4) is 0 Å². The maximum atomic E-state index is 11.7. The van der Waals surface area contributed by atoms with Crippen LogP contribution in [0.1, 0.15) is 5.69 Å². The van der Waals surface area contributed by atoms with Crippen molar-refractivity contribution in [3.63, 3.8) is 0 Å². The number of carbonyl (C=O) groups excluding carboxylic acids is 1. The van der Waals surface area contributed by atoms with Gasteiger partial charge in [-0.3, -0.25) is 9.48 Å². The van der Waals surface area contributed by atoms with E-state index < -0.39 is 4.92 Å². The van der Waals surface area contributed by atoms with Gasteiger partial charge in [0.1, 0.15) is 6.54 Å². The number of hydrogen-bond acceptors (Lipinski definition) is 5. The predicted molar refractivity (Wildman–Crippen MR) is 73.9 cm³/mol. The number of aryl methyl sites for hydroxylation is 1. The SMILES string of the molecule is Cc1cc([N+](=O)[O-])nn1CCNC(=O)Cn1cc(Cl)cn1. The molecular formula is C11H13ClN6O3. The highest BCUT2D eigenvalue weighted by Gasteiger charge is 2.15. The van der Waals surface area contributed by atoms with Crippen LogP contribution >= 0.6 is 11.6 Å². The summed E-state index contributed by atoms with van der Waals surface area (Å²) in [5, 5.41) is 21.4. The minimum Gasteiger partial charge on any atom is -0.358 e. The van der Waals surface area contributed by atoms with Gasteiger partial charge >= 0.3 is 5.82 Å². The molecular weight excluding hydrogens is 300 g/mol. The molecule has 0 spiro atoms. The normalized spacial score (nSPS) is 10.6. The molecule has 9 nitrogen and oxygen atoms in total. The molecule has 2 aromatic heterocycles. The van der Waals surface area contributed by atoms with Crippen LogP contribution in [0, 0.1) is 17.0 Å². The second-order valence-corrected chi connectivity index (χ2v) is 4.77. The van der Waals surface area contributed by atoms with Crippen LogP contribution in [-0.2, 0) is 17.9 Å². The highest BCUT2D eigenvalue weighted by Crippen LogP contribution is 2.10. The summed E-state index contributed by atoms with van der Waals surface area (Å²) in [6.07, 6.45) is 2.99. The van der Waals surface area contributed by atoms with E-state index in [2.05, 4.69) is 15.5 Å². The average molecular weight is 313 g/mol. The zero-order valence-corrected chi connectivity index (χ0v) is 11.9. The lowest BCUT2D eigenvalue weighted by atomic mass is 10.4. The lowest BCUT2D eigenvalue weighted by molar-refractivity contribution is -0.389. The third-order valence-corrected chi connectivity index (χ3v) is 2.90. The Morgan fingerprint density at radius 1 is 1.57 bits per heavy atom. The van der Waals surface area contributed by atoms with Gasteiger partial charge in [0.25, 0.3) is 0 Å². The molecule has 1 amide bonds. The van der Waals surface area contributed by atoms with E-state index in [9.17, 15) is 14.9 Å². The molecule has 21 heavy (non-hydrogen) atoms. The molecule has 0 saturated carbocycles. The van der Waals surface area contributed by atoms with Gasteiger partial charge in [-0.15, -0.1) is 0 Å². The van der Waals surface area contributed by atoms with E-state index in [-0.39, 0.29) is 18.3 Å². The van der Waals surface area contributed by atoms with Crippen molar-refractivity contribution in [1.29, 1.82) is 0 Å². The van der Waals surface area contributed by atoms with Crippen LogP contribution in [0.25, 0.3) is 0 Å². The van der Waals surface area contributed by atoms with Crippen molar-refractivity contribution >= 4 is 23.3 Å². The molecule has 10 heteroatoms. The molecule has 0 aromatic carbocycles. The summed E-state index contributed by atoms with van der Waals surface area (Å²) in [4.78, 5) is 21.7. The molecule has 0 aliphatic rings. The zero-order valence-electron chi connectivity index (χ0n) is 11.2.